The SMILES string of the molecule is Cc1cc(-c2c(-c3cc(C)sc3C)c3cccnc3c3ncccc23)c(C)s1. The van der Waals surface area contributed by atoms with E-state index in [1.165, 1.54) is 52.5 Å². The summed E-state index contributed by atoms with van der Waals surface area (Å²) < 4.78 is 0. The summed E-state index contributed by atoms with van der Waals surface area (Å²) in [5.74, 6) is 0. The molecule has 4 heterocycles. The Morgan fingerprint density at radius 2 is 1.07 bits per heavy atom. The number of hydrogen-bond donors (Lipinski definition) is 0. The lowest BCUT2D eigenvalue weighted by atomic mass is 9.88. The molecule has 0 saturated heterocycles. The number of hydrogen-bond acceptors (Lipinski definition) is 4. The second-order valence-corrected chi connectivity index (χ2v) is 10.1. The largest absolute Gasteiger partial charge is 0.254 e. The fourth-order valence-electron chi connectivity index (χ4n) is 4.18. The first-order valence-corrected chi connectivity index (χ1v) is 11.0. The minimum absolute atomic E-state index is 0.977. The van der Waals surface area contributed by atoms with E-state index in [-0.39, 0.29) is 0 Å². The maximum absolute atomic E-state index is 4.74. The van der Waals surface area contributed by atoms with E-state index >= 15 is 0 Å². The van der Waals surface area contributed by atoms with E-state index in [4.69, 9.17) is 9.97 Å². The summed E-state index contributed by atoms with van der Waals surface area (Å²) in [6.07, 6.45) is 3.73. The predicted octanol–water partition coefficient (Wildman–Crippen LogP) is 7.47. The van der Waals surface area contributed by atoms with Gasteiger partial charge in [0.15, 0.2) is 0 Å². The van der Waals surface area contributed by atoms with Crippen LogP contribution >= 0.6 is 22.7 Å². The van der Waals surface area contributed by atoms with E-state index in [0.717, 1.165) is 11.0 Å². The van der Waals surface area contributed by atoms with Gasteiger partial charge in [-0.05, 0) is 63.1 Å². The first-order chi connectivity index (χ1) is 13.5. The average Bonchev–Trinajstić information content (AvgIpc) is 3.20. The van der Waals surface area contributed by atoms with Crippen LogP contribution in [0.3, 0.4) is 0 Å². The highest BCUT2D eigenvalue weighted by atomic mass is 32.1. The van der Waals surface area contributed by atoms with Crippen LogP contribution in [0.2, 0.25) is 0 Å². The molecule has 0 saturated carbocycles. The first-order valence-electron chi connectivity index (χ1n) is 9.35. The maximum atomic E-state index is 4.74. The molecule has 2 nitrogen and oxygen atoms in total. The van der Waals surface area contributed by atoms with Gasteiger partial charge < -0.3 is 0 Å². The van der Waals surface area contributed by atoms with Crippen LogP contribution in [0, 0.1) is 27.7 Å². The lowest BCUT2D eigenvalue weighted by molar-refractivity contribution is 1.37. The van der Waals surface area contributed by atoms with Crippen molar-refractivity contribution in [2.24, 2.45) is 0 Å². The number of aromatic nitrogens is 2. The van der Waals surface area contributed by atoms with Crippen molar-refractivity contribution in [2.45, 2.75) is 27.7 Å². The van der Waals surface area contributed by atoms with Crippen molar-refractivity contribution < 1.29 is 0 Å². The molecule has 5 rings (SSSR count). The topological polar surface area (TPSA) is 25.8 Å². The molecule has 28 heavy (non-hydrogen) atoms. The highest BCUT2D eigenvalue weighted by Gasteiger charge is 2.22. The second-order valence-electron chi connectivity index (χ2n) is 7.20. The summed E-state index contributed by atoms with van der Waals surface area (Å²) in [7, 11) is 0. The summed E-state index contributed by atoms with van der Waals surface area (Å²) in [6, 6.07) is 13.1. The Kier molecular flexibility index (Phi) is 4.07. The van der Waals surface area contributed by atoms with Crippen LogP contribution in [0.4, 0.5) is 0 Å². The highest BCUT2D eigenvalue weighted by Crippen LogP contribution is 2.47. The fourth-order valence-corrected chi connectivity index (χ4v) is 6.04. The zero-order valence-electron chi connectivity index (χ0n) is 16.3. The number of fused-ring (bicyclic) bond motifs is 3. The van der Waals surface area contributed by atoms with Gasteiger partial charge in [-0.2, -0.15) is 0 Å². The zero-order valence-corrected chi connectivity index (χ0v) is 18.0. The van der Waals surface area contributed by atoms with Crippen LogP contribution in [0.15, 0.2) is 48.8 Å². The van der Waals surface area contributed by atoms with Crippen molar-refractivity contribution in [3.63, 3.8) is 0 Å². The molecule has 0 atom stereocenters. The van der Waals surface area contributed by atoms with Gasteiger partial charge in [0.2, 0.25) is 0 Å². The van der Waals surface area contributed by atoms with Gasteiger partial charge in [0.05, 0.1) is 11.0 Å². The van der Waals surface area contributed by atoms with E-state index in [1.807, 2.05) is 47.2 Å². The van der Waals surface area contributed by atoms with Gasteiger partial charge in [0.1, 0.15) is 0 Å². The average molecular weight is 401 g/mol. The molecule has 0 fully saturated rings. The second kappa shape index (κ2) is 6.50. The molecule has 0 amide bonds. The van der Waals surface area contributed by atoms with Crippen LogP contribution < -0.4 is 0 Å². The Morgan fingerprint density at radius 1 is 0.643 bits per heavy atom. The number of pyridine rings is 2. The smallest absolute Gasteiger partial charge is 0.0971 e. The van der Waals surface area contributed by atoms with Crippen LogP contribution in [0.25, 0.3) is 44.1 Å². The molecule has 0 bridgehead atoms. The molecule has 0 aliphatic heterocycles. The van der Waals surface area contributed by atoms with Gasteiger partial charge in [-0.25, -0.2) is 0 Å². The number of nitrogens with zero attached hydrogens (tertiary/aromatic N) is 2. The molecular weight excluding hydrogens is 380 g/mol. The highest BCUT2D eigenvalue weighted by molar-refractivity contribution is 7.12. The van der Waals surface area contributed by atoms with E-state index in [9.17, 15) is 0 Å². The molecule has 0 aliphatic carbocycles. The van der Waals surface area contributed by atoms with Gasteiger partial charge in [-0.15, -0.1) is 22.7 Å². The summed E-state index contributed by atoms with van der Waals surface area (Å²) in [6.45, 7) is 8.81. The van der Waals surface area contributed by atoms with Crippen LogP contribution in [0.1, 0.15) is 19.5 Å². The Balaban J connectivity index is 2.08. The lowest BCUT2D eigenvalue weighted by Crippen LogP contribution is -1.94. The molecule has 5 aromatic rings. The van der Waals surface area contributed by atoms with Crippen LogP contribution in [-0.2, 0) is 0 Å². The normalized spacial score (nSPS) is 11.6. The lowest BCUT2D eigenvalue weighted by Gasteiger charge is -2.17. The van der Waals surface area contributed by atoms with Gasteiger partial charge >= 0.3 is 0 Å². The Labute approximate surface area is 172 Å². The van der Waals surface area contributed by atoms with Crippen molar-refractivity contribution in [3.05, 3.63) is 68.3 Å². The molecular formula is C24H20N2S2. The Morgan fingerprint density at radius 3 is 1.43 bits per heavy atom. The number of thiophene rings is 2. The van der Waals surface area contributed by atoms with E-state index in [2.05, 4.69) is 52.0 Å². The molecule has 138 valence electrons. The summed E-state index contributed by atoms with van der Waals surface area (Å²) in [5.41, 5.74) is 7.14. The maximum Gasteiger partial charge on any atom is 0.0971 e. The van der Waals surface area contributed by atoms with Gasteiger partial charge in [-0.3, -0.25) is 9.97 Å². The summed E-state index contributed by atoms with van der Waals surface area (Å²) >= 11 is 3.72. The van der Waals surface area contributed by atoms with Crippen molar-refractivity contribution in [2.75, 3.05) is 0 Å². The molecule has 0 N–H and O–H groups in total. The minimum Gasteiger partial charge on any atom is -0.254 e. The van der Waals surface area contributed by atoms with Crippen molar-refractivity contribution in [3.8, 4) is 22.3 Å². The molecule has 0 aliphatic rings. The minimum atomic E-state index is 0.977. The molecule has 4 heteroatoms. The third kappa shape index (κ3) is 2.60. The summed E-state index contributed by atoms with van der Waals surface area (Å²) in [5, 5.41) is 2.35. The monoisotopic (exact) mass is 400 g/mol. The van der Waals surface area contributed by atoms with Crippen LogP contribution in [0.5, 0.6) is 0 Å². The molecule has 0 radical (unpaired) electrons. The third-order valence-electron chi connectivity index (χ3n) is 5.25. The fraction of sp³-hybridized carbons (Fsp3) is 0.167. The standard InChI is InChI=1S/C24H20N2S2/c1-13-11-19(15(3)27-13)21-17-7-5-9-25-23(17)24-18(8-6-10-26-24)22(21)20-12-14(2)28-16(20)4/h5-12H,1-4H3. The molecule has 0 unspecified atom stereocenters. The predicted molar refractivity (Wildman–Crippen MR) is 123 cm³/mol. The number of benzene rings is 1. The van der Waals surface area contributed by atoms with Crippen molar-refractivity contribution >= 4 is 44.5 Å². The van der Waals surface area contributed by atoms with Crippen molar-refractivity contribution in [1.29, 1.82) is 0 Å². The molecule has 0 spiro atoms. The van der Waals surface area contributed by atoms with Crippen LogP contribution in [-0.4, -0.2) is 9.97 Å². The zero-order chi connectivity index (χ0) is 19.4. The third-order valence-corrected chi connectivity index (χ3v) is 7.18. The molecule has 1 aromatic carbocycles. The number of rotatable bonds is 2. The quantitative estimate of drug-likeness (QED) is 0.287. The van der Waals surface area contributed by atoms with Crippen molar-refractivity contribution in [1.82, 2.24) is 9.97 Å². The van der Waals surface area contributed by atoms with E-state index in [1.54, 1.807) is 0 Å². The Hall–Kier alpha value is -2.56. The number of aryl methyl sites for hydroxylation is 4. The van der Waals surface area contributed by atoms with E-state index in [0.29, 0.717) is 0 Å². The first kappa shape index (κ1) is 17.5. The Bertz CT molecular complexity index is 1250. The van der Waals surface area contributed by atoms with Gasteiger partial charge in [0.25, 0.3) is 0 Å². The summed E-state index contributed by atoms with van der Waals surface area (Å²) in [4.78, 5) is 14.8. The molecule has 4 aromatic heterocycles. The van der Waals surface area contributed by atoms with E-state index < -0.39 is 0 Å². The van der Waals surface area contributed by atoms with Gasteiger partial charge in [0, 0.05) is 53.8 Å². The van der Waals surface area contributed by atoms with Gasteiger partial charge in [-0.1, -0.05) is 12.1 Å².